The number of aliphatic carboxylic acids is 1. The van der Waals surface area contributed by atoms with E-state index in [0.717, 1.165) is 0 Å². The molecule has 0 spiro atoms. The molecule has 0 heterocycles. The molecule has 0 bridgehead atoms. The number of aliphatic hydroxyl groups is 1. The number of hydrogen-bond acceptors (Lipinski definition) is 9. The minimum Gasteiger partial charge on any atom is -0.480 e. The molecule has 18 heteroatoms. The average Bonchev–Trinajstić information content (AvgIpc) is 2.83. The van der Waals surface area contributed by atoms with Gasteiger partial charge in [-0.1, -0.05) is 0 Å². The standard InChI is InChI=1S/C21H41N11O7/c1-10(33)15(23)18(37)31-12(5-3-9-29-21(26)27)16(35)30-11(4-2-8-28-20(24)25)17(36)32-13(19(38)39)6-7-14(22)34/h10-13,15,33H,2-9,23H2,1H3,(H2,22,34)(H,30,35)(H,31,37)(H,32,36)(H,38,39)(H4,24,25,28)(H4,26,27,29). The molecule has 0 aliphatic rings. The number of nitrogens with two attached hydrogens (primary N) is 6. The molecule has 5 unspecified atom stereocenters. The molecule has 0 aromatic heterocycles. The number of nitrogens with one attached hydrogen (secondary N) is 3. The van der Waals surface area contributed by atoms with Gasteiger partial charge < -0.3 is 60.6 Å². The van der Waals surface area contributed by atoms with Gasteiger partial charge >= 0.3 is 5.97 Å². The molecule has 0 aliphatic carbocycles. The van der Waals surface area contributed by atoms with Gasteiger partial charge in [0, 0.05) is 19.5 Å². The Morgan fingerprint density at radius 1 is 0.718 bits per heavy atom. The summed E-state index contributed by atoms with van der Waals surface area (Å²) in [5.74, 6) is -5.00. The fourth-order valence-electron chi connectivity index (χ4n) is 3.12. The van der Waals surface area contributed by atoms with Crippen LogP contribution in [0.25, 0.3) is 0 Å². The zero-order chi connectivity index (χ0) is 30.1. The van der Waals surface area contributed by atoms with Gasteiger partial charge in [0.05, 0.1) is 6.10 Å². The number of amides is 4. The number of nitrogens with zero attached hydrogens (tertiary/aromatic N) is 2. The average molecular weight is 560 g/mol. The van der Waals surface area contributed by atoms with Gasteiger partial charge in [-0.3, -0.25) is 29.2 Å². The van der Waals surface area contributed by atoms with E-state index >= 15 is 0 Å². The largest absolute Gasteiger partial charge is 0.480 e. The van der Waals surface area contributed by atoms with E-state index in [-0.39, 0.29) is 63.5 Å². The number of carboxylic acid groups (broad SMARTS) is 1. The van der Waals surface area contributed by atoms with Crippen molar-refractivity contribution in [2.45, 2.75) is 75.7 Å². The quantitative estimate of drug-likeness (QED) is 0.0401. The second kappa shape index (κ2) is 18.1. The van der Waals surface area contributed by atoms with Gasteiger partial charge in [0.25, 0.3) is 0 Å². The van der Waals surface area contributed by atoms with Crippen LogP contribution in [0, 0.1) is 0 Å². The van der Waals surface area contributed by atoms with Crippen LogP contribution in [0.2, 0.25) is 0 Å². The van der Waals surface area contributed by atoms with E-state index in [1.54, 1.807) is 0 Å². The molecule has 39 heavy (non-hydrogen) atoms. The number of carbonyl (C=O) groups excluding carboxylic acids is 4. The minimum atomic E-state index is -1.46. The lowest BCUT2D eigenvalue weighted by Gasteiger charge is -2.25. The molecule has 0 saturated carbocycles. The number of carbonyl (C=O) groups is 5. The van der Waals surface area contributed by atoms with E-state index in [1.807, 2.05) is 0 Å². The Balaban J connectivity index is 5.77. The number of hydrogen-bond donors (Lipinski definition) is 11. The normalized spacial score (nSPS) is 14.4. The predicted molar refractivity (Wildman–Crippen MR) is 141 cm³/mol. The van der Waals surface area contributed by atoms with Crippen LogP contribution in [0.5, 0.6) is 0 Å². The van der Waals surface area contributed by atoms with Gasteiger partial charge in [0.1, 0.15) is 24.2 Å². The number of primary amides is 1. The molecule has 4 amide bonds. The summed E-state index contributed by atoms with van der Waals surface area (Å²) >= 11 is 0. The van der Waals surface area contributed by atoms with Crippen molar-refractivity contribution in [1.29, 1.82) is 0 Å². The van der Waals surface area contributed by atoms with Crippen LogP contribution >= 0.6 is 0 Å². The van der Waals surface area contributed by atoms with E-state index in [2.05, 4.69) is 25.9 Å². The first kappa shape index (κ1) is 34.8. The van der Waals surface area contributed by atoms with Crippen molar-refractivity contribution in [2.24, 2.45) is 44.4 Å². The molecular formula is C21H41N11O7. The summed E-state index contributed by atoms with van der Waals surface area (Å²) in [5, 5.41) is 26.2. The van der Waals surface area contributed by atoms with Crippen molar-refractivity contribution >= 4 is 41.5 Å². The van der Waals surface area contributed by atoms with Gasteiger partial charge in [0.2, 0.25) is 23.6 Å². The zero-order valence-corrected chi connectivity index (χ0v) is 21.8. The van der Waals surface area contributed by atoms with Crippen LogP contribution in [0.4, 0.5) is 0 Å². The maximum atomic E-state index is 13.2. The Hall–Kier alpha value is -4.19. The number of aliphatic imine (C=N–C) groups is 2. The van der Waals surface area contributed by atoms with E-state index < -0.39 is 59.9 Å². The Kier molecular flexibility index (Phi) is 16.2. The smallest absolute Gasteiger partial charge is 0.326 e. The van der Waals surface area contributed by atoms with Crippen molar-refractivity contribution in [3.8, 4) is 0 Å². The molecule has 0 rings (SSSR count). The molecular weight excluding hydrogens is 518 g/mol. The summed E-state index contributed by atoms with van der Waals surface area (Å²) in [4.78, 5) is 68.8. The summed E-state index contributed by atoms with van der Waals surface area (Å²) in [6.07, 6.45) is -1.31. The number of guanidine groups is 2. The van der Waals surface area contributed by atoms with E-state index in [9.17, 15) is 34.2 Å². The van der Waals surface area contributed by atoms with E-state index in [1.165, 1.54) is 6.92 Å². The molecule has 18 nitrogen and oxygen atoms in total. The van der Waals surface area contributed by atoms with Gasteiger partial charge in [0.15, 0.2) is 11.9 Å². The number of rotatable bonds is 19. The van der Waals surface area contributed by atoms with Crippen molar-refractivity contribution in [3.05, 3.63) is 0 Å². The highest BCUT2D eigenvalue weighted by atomic mass is 16.4. The first-order valence-electron chi connectivity index (χ1n) is 12.1. The van der Waals surface area contributed by atoms with Crippen molar-refractivity contribution in [1.82, 2.24) is 16.0 Å². The first-order chi connectivity index (χ1) is 18.1. The van der Waals surface area contributed by atoms with Crippen molar-refractivity contribution in [2.75, 3.05) is 13.1 Å². The highest BCUT2D eigenvalue weighted by Crippen LogP contribution is 2.06. The SMILES string of the molecule is CC(O)C(N)C(=O)NC(CCCN=C(N)N)C(=O)NC(CCCN=C(N)N)C(=O)NC(CCC(N)=O)C(=O)O. The summed E-state index contributed by atoms with van der Waals surface area (Å²) in [6.45, 7) is 1.53. The second-order valence-electron chi connectivity index (χ2n) is 8.69. The Bertz CT molecular complexity index is 903. The maximum absolute atomic E-state index is 13.2. The summed E-state index contributed by atoms with van der Waals surface area (Å²) in [6, 6.07) is -5.28. The predicted octanol–water partition coefficient (Wildman–Crippen LogP) is -5.39. The van der Waals surface area contributed by atoms with Crippen LogP contribution in [0.3, 0.4) is 0 Å². The lowest BCUT2D eigenvalue weighted by atomic mass is 10.1. The fraction of sp³-hybridized carbons (Fsp3) is 0.667. The molecule has 0 saturated heterocycles. The Morgan fingerprint density at radius 2 is 1.13 bits per heavy atom. The third-order valence-corrected chi connectivity index (χ3v) is 5.27. The molecule has 0 aromatic carbocycles. The minimum absolute atomic E-state index is 0.0155. The lowest BCUT2D eigenvalue weighted by molar-refractivity contribution is -0.142. The highest BCUT2D eigenvalue weighted by Gasteiger charge is 2.30. The molecule has 0 aliphatic heterocycles. The first-order valence-corrected chi connectivity index (χ1v) is 12.1. The van der Waals surface area contributed by atoms with Crippen LogP contribution in [-0.4, -0.2) is 95.1 Å². The van der Waals surface area contributed by atoms with Crippen LogP contribution in [-0.2, 0) is 24.0 Å². The summed E-state index contributed by atoms with van der Waals surface area (Å²) in [7, 11) is 0. The second-order valence-corrected chi connectivity index (χ2v) is 8.69. The van der Waals surface area contributed by atoms with Crippen molar-refractivity contribution in [3.63, 3.8) is 0 Å². The zero-order valence-electron chi connectivity index (χ0n) is 21.8. The molecule has 17 N–H and O–H groups in total. The van der Waals surface area contributed by atoms with E-state index in [0.29, 0.717) is 0 Å². The Labute approximate surface area is 225 Å². The maximum Gasteiger partial charge on any atom is 0.326 e. The van der Waals surface area contributed by atoms with Gasteiger partial charge in [-0.05, 0) is 39.0 Å². The topological polar surface area (TPSA) is 343 Å². The van der Waals surface area contributed by atoms with Crippen molar-refractivity contribution < 1.29 is 34.2 Å². The van der Waals surface area contributed by atoms with Crippen LogP contribution in [0.15, 0.2) is 9.98 Å². The third kappa shape index (κ3) is 15.6. The van der Waals surface area contributed by atoms with Gasteiger partial charge in [-0.25, -0.2) is 4.79 Å². The van der Waals surface area contributed by atoms with Gasteiger partial charge in [-0.2, -0.15) is 0 Å². The number of aliphatic hydroxyl groups excluding tert-OH is 1. The molecule has 222 valence electrons. The fourth-order valence-corrected chi connectivity index (χ4v) is 3.12. The third-order valence-electron chi connectivity index (χ3n) is 5.27. The molecule has 5 atom stereocenters. The number of carboxylic acids is 1. The monoisotopic (exact) mass is 559 g/mol. The summed E-state index contributed by atoms with van der Waals surface area (Å²) < 4.78 is 0. The van der Waals surface area contributed by atoms with Gasteiger partial charge in [-0.15, -0.1) is 0 Å². The van der Waals surface area contributed by atoms with Crippen LogP contribution in [0.1, 0.15) is 45.4 Å². The molecule has 0 aromatic rings. The van der Waals surface area contributed by atoms with Crippen LogP contribution < -0.4 is 50.4 Å². The highest BCUT2D eigenvalue weighted by molar-refractivity contribution is 5.94. The summed E-state index contributed by atoms with van der Waals surface area (Å²) in [5.41, 5.74) is 31.9. The molecule has 0 fully saturated rings. The molecule has 0 radical (unpaired) electrons. The van der Waals surface area contributed by atoms with E-state index in [4.69, 9.17) is 34.4 Å². The Morgan fingerprint density at radius 3 is 1.49 bits per heavy atom. The lowest BCUT2D eigenvalue weighted by Crippen LogP contribution is -2.58.